The van der Waals surface area contributed by atoms with Gasteiger partial charge in [0, 0.05) is 33.5 Å². The largest absolute Gasteiger partial charge is 0.160 e. The molecular formula is C6H10S4. The molecule has 0 N–H and O–H groups in total. The molecule has 2 heterocycles. The standard InChI is InChI=1S/C6H10S4/c1-5(2-7-1)9-10-6-3-8-4-6/h5-6H,1-4H2. The Hall–Kier alpha value is 1.40. The van der Waals surface area contributed by atoms with Crippen molar-refractivity contribution in [3.63, 3.8) is 0 Å². The molecule has 0 aliphatic carbocycles. The zero-order chi connectivity index (χ0) is 6.81. The molecule has 2 fully saturated rings. The van der Waals surface area contributed by atoms with Gasteiger partial charge in [0.2, 0.25) is 0 Å². The summed E-state index contributed by atoms with van der Waals surface area (Å²) >= 11 is 4.17. The van der Waals surface area contributed by atoms with Crippen LogP contribution in [-0.2, 0) is 0 Å². The minimum atomic E-state index is 0.987. The summed E-state index contributed by atoms with van der Waals surface area (Å²) in [6, 6.07) is 0. The van der Waals surface area contributed by atoms with Gasteiger partial charge in [-0.2, -0.15) is 23.5 Å². The molecule has 4 heteroatoms. The van der Waals surface area contributed by atoms with E-state index >= 15 is 0 Å². The Bertz CT molecular complexity index is 94.3. The van der Waals surface area contributed by atoms with Crippen LogP contribution >= 0.6 is 45.1 Å². The van der Waals surface area contributed by atoms with Crippen molar-refractivity contribution >= 4 is 45.1 Å². The molecule has 2 rings (SSSR count). The average molecular weight is 210 g/mol. The predicted molar refractivity (Wildman–Crippen MR) is 57.4 cm³/mol. The summed E-state index contributed by atoms with van der Waals surface area (Å²) in [7, 11) is 4.26. The zero-order valence-corrected chi connectivity index (χ0v) is 8.88. The molecular weight excluding hydrogens is 200 g/mol. The molecule has 0 atom stereocenters. The van der Waals surface area contributed by atoms with Crippen LogP contribution in [0.25, 0.3) is 0 Å². The molecule has 0 aromatic carbocycles. The van der Waals surface area contributed by atoms with Gasteiger partial charge in [0.05, 0.1) is 0 Å². The second-order valence-electron chi connectivity index (χ2n) is 2.51. The van der Waals surface area contributed by atoms with Crippen LogP contribution in [0.1, 0.15) is 0 Å². The Morgan fingerprint density at radius 1 is 0.800 bits per heavy atom. The molecule has 0 aromatic rings. The highest BCUT2D eigenvalue weighted by Gasteiger charge is 2.24. The van der Waals surface area contributed by atoms with Crippen LogP contribution in [0.2, 0.25) is 0 Å². The fourth-order valence-electron chi connectivity index (χ4n) is 0.696. The highest BCUT2D eigenvalue weighted by Crippen LogP contribution is 2.43. The lowest BCUT2D eigenvalue weighted by Crippen LogP contribution is -2.23. The minimum absolute atomic E-state index is 0.987. The molecule has 0 unspecified atom stereocenters. The summed E-state index contributed by atoms with van der Waals surface area (Å²) in [6.07, 6.45) is 0. The molecule has 0 spiro atoms. The minimum Gasteiger partial charge on any atom is -0.160 e. The van der Waals surface area contributed by atoms with Crippen molar-refractivity contribution in [2.24, 2.45) is 0 Å². The van der Waals surface area contributed by atoms with Gasteiger partial charge in [0.15, 0.2) is 0 Å². The molecule has 0 nitrogen and oxygen atoms in total. The Morgan fingerprint density at radius 3 is 1.40 bits per heavy atom. The predicted octanol–water partition coefficient (Wildman–Crippen LogP) is 2.60. The average Bonchev–Trinajstić information content (AvgIpc) is 1.70. The Balaban J connectivity index is 1.54. The van der Waals surface area contributed by atoms with Crippen LogP contribution in [0.4, 0.5) is 0 Å². The lowest BCUT2D eigenvalue weighted by molar-refractivity contribution is 1.08. The lowest BCUT2D eigenvalue weighted by atomic mass is 10.5. The second kappa shape index (κ2) is 3.87. The number of rotatable bonds is 3. The van der Waals surface area contributed by atoms with Gasteiger partial charge in [-0.15, -0.1) is 0 Å². The first-order valence-corrected chi connectivity index (χ1v) is 8.01. The third kappa shape index (κ3) is 1.96. The van der Waals surface area contributed by atoms with Crippen LogP contribution < -0.4 is 0 Å². The Labute approximate surface area is 78.4 Å². The summed E-state index contributed by atoms with van der Waals surface area (Å²) in [4.78, 5) is 0. The van der Waals surface area contributed by atoms with E-state index < -0.39 is 0 Å². The van der Waals surface area contributed by atoms with E-state index in [1.807, 2.05) is 0 Å². The van der Waals surface area contributed by atoms with E-state index in [2.05, 4.69) is 45.1 Å². The molecule has 0 saturated carbocycles. The fourth-order valence-corrected chi connectivity index (χ4v) is 6.85. The monoisotopic (exact) mass is 210 g/mol. The number of thioether (sulfide) groups is 2. The van der Waals surface area contributed by atoms with Crippen LogP contribution in [0, 0.1) is 0 Å². The smallest absolute Gasteiger partial charge is 0.0332 e. The quantitative estimate of drug-likeness (QED) is 0.656. The maximum atomic E-state index is 2.13. The molecule has 2 saturated heterocycles. The summed E-state index contributed by atoms with van der Waals surface area (Å²) < 4.78 is 0. The highest BCUT2D eigenvalue weighted by molar-refractivity contribution is 8.77. The van der Waals surface area contributed by atoms with Crippen molar-refractivity contribution in [2.75, 3.05) is 23.0 Å². The van der Waals surface area contributed by atoms with Crippen molar-refractivity contribution in [1.82, 2.24) is 0 Å². The Morgan fingerprint density at radius 2 is 1.20 bits per heavy atom. The van der Waals surface area contributed by atoms with Gasteiger partial charge < -0.3 is 0 Å². The van der Waals surface area contributed by atoms with Crippen LogP contribution in [-0.4, -0.2) is 33.5 Å². The van der Waals surface area contributed by atoms with Crippen LogP contribution in [0.3, 0.4) is 0 Å². The highest BCUT2D eigenvalue weighted by atomic mass is 33.1. The van der Waals surface area contributed by atoms with Crippen molar-refractivity contribution in [3.05, 3.63) is 0 Å². The Kier molecular flexibility index (Phi) is 3.11. The first-order chi connectivity index (χ1) is 4.95. The van der Waals surface area contributed by atoms with Gasteiger partial charge in [0.1, 0.15) is 0 Å². The van der Waals surface area contributed by atoms with Crippen molar-refractivity contribution in [1.29, 1.82) is 0 Å². The molecule has 58 valence electrons. The van der Waals surface area contributed by atoms with Gasteiger partial charge >= 0.3 is 0 Å². The maximum Gasteiger partial charge on any atom is 0.0332 e. The van der Waals surface area contributed by atoms with Crippen LogP contribution in [0.15, 0.2) is 0 Å². The number of hydrogen-bond donors (Lipinski definition) is 0. The third-order valence-electron chi connectivity index (χ3n) is 1.54. The molecule has 0 amide bonds. The van der Waals surface area contributed by atoms with Gasteiger partial charge in [-0.25, -0.2) is 0 Å². The first-order valence-electron chi connectivity index (χ1n) is 3.43. The topological polar surface area (TPSA) is 0 Å². The van der Waals surface area contributed by atoms with Gasteiger partial charge in [-0.3, -0.25) is 0 Å². The maximum absolute atomic E-state index is 2.13. The molecule has 10 heavy (non-hydrogen) atoms. The molecule has 0 radical (unpaired) electrons. The first kappa shape index (κ1) is 8.02. The zero-order valence-electron chi connectivity index (χ0n) is 5.62. The van der Waals surface area contributed by atoms with Crippen molar-refractivity contribution < 1.29 is 0 Å². The van der Waals surface area contributed by atoms with E-state index in [1.54, 1.807) is 0 Å². The number of hydrogen-bond acceptors (Lipinski definition) is 4. The van der Waals surface area contributed by atoms with E-state index in [4.69, 9.17) is 0 Å². The summed E-state index contributed by atoms with van der Waals surface area (Å²) in [5, 5.41) is 1.97. The van der Waals surface area contributed by atoms with Crippen molar-refractivity contribution in [3.8, 4) is 0 Å². The van der Waals surface area contributed by atoms with Gasteiger partial charge in [-0.1, -0.05) is 21.6 Å². The molecule has 0 bridgehead atoms. The summed E-state index contributed by atoms with van der Waals surface area (Å²) in [6.45, 7) is 0. The van der Waals surface area contributed by atoms with E-state index in [1.165, 1.54) is 23.0 Å². The van der Waals surface area contributed by atoms with E-state index in [0.717, 1.165) is 10.5 Å². The molecule has 2 aliphatic heterocycles. The second-order valence-corrected chi connectivity index (χ2v) is 7.53. The third-order valence-corrected chi connectivity index (χ3v) is 8.23. The summed E-state index contributed by atoms with van der Waals surface area (Å²) in [5.41, 5.74) is 0. The van der Waals surface area contributed by atoms with E-state index in [0.29, 0.717) is 0 Å². The van der Waals surface area contributed by atoms with E-state index in [9.17, 15) is 0 Å². The van der Waals surface area contributed by atoms with Gasteiger partial charge in [-0.05, 0) is 0 Å². The summed E-state index contributed by atoms with van der Waals surface area (Å²) in [5.74, 6) is 5.60. The van der Waals surface area contributed by atoms with Crippen LogP contribution in [0.5, 0.6) is 0 Å². The fraction of sp³-hybridized carbons (Fsp3) is 1.00. The SMILES string of the molecule is C1SCC1SSC1CSC1. The van der Waals surface area contributed by atoms with E-state index in [-0.39, 0.29) is 0 Å². The molecule has 0 aromatic heterocycles. The normalized spacial score (nSPS) is 27.6. The lowest BCUT2D eigenvalue weighted by Gasteiger charge is -2.28. The van der Waals surface area contributed by atoms with Gasteiger partial charge in [0.25, 0.3) is 0 Å². The van der Waals surface area contributed by atoms with Crippen molar-refractivity contribution in [2.45, 2.75) is 10.5 Å². The molecule has 2 aliphatic rings.